The van der Waals surface area contributed by atoms with Gasteiger partial charge in [0.15, 0.2) is 6.10 Å². The third-order valence-electron chi connectivity index (χ3n) is 6.98. The summed E-state index contributed by atoms with van der Waals surface area (Å²) in [5, 5.41) is 18.8. The number of nitrogens with one attached hydrogen (secondary N) is 1. The summed E-state index contributed by atoms with van der Waals surface area (Å²) in [7, 11) is 0. The van der Waals surface area contributed by atoms with Crippen molar-refractivity contribution in [1.82, 2.24) is 14.8 Å². The molecule has 0 spiro atoms. The summed E-state index contributed by atoms with van der Waals surface area (Å²) >= 11 is 0. The number of H-pyrrole nitrogens is 1. The van der Waals surface area contributed by atoms with Crippen LogP contribution >= 0.6 is 0 Å². The lowest BCUT2D eigenvalue weighted by Crippen LogP contribution is -2.19. The predicted molar refractivity (Wildman–Crippen MR) is 120 cm³/mol. The maximum Gasteiger partial charge on any atom is 0.332 e. The Bertz CT molecular complexity index is 1340. The Morgan fingerprint density at radius 1 is 1.15 bits per heavy atom. The molecule has 0 radical (unpaired) electrons. The minimum atomic E-state index is -0.927. The molecule has 2 aliphatic rings. The Morgan fingerprint density at radius 2 is 1.94 bits per heavy atom. The molecule has 2 atom stereocenters. The molecule has 2 saturated heterocycles. The first-order valence-corrected chi connectivity index (χ1v) is 11.3. The highest BCUT2D eigenvalue weighted by Crippen LogP contribution is 2.45. The number of halogens is 1. The minimum absolute atomic E-state index is 0.0477. The molecular weight excluding hydrogens is 425 g/mol. The molecule has 0 unspecified atom stereocenters. The third kappa shape index (κ3) is 3.41. The number of carbonyl (C=O) groups is 1. The van der Waals surface area contributed by atoms with Crippen molar-refractivity contribution in [3.05, 3.63) is 59.7 Å². The zero-order valence-corrected chi connectivity index (χ0v) is 18.0. The Hall–Kier alpha value is -3.23. The molecule has 170 valence electrons. The average Bonchev–Trinajstić information content (AvgIpc) is 3.55. The summed E-state index contributed by atoms with van der Waals surface area (Å²) < 4.78 is 27.3. The van der Waals surface area contributed by atoms with E-state index in [0.717, 1.165) is 51.6 Å². The van der Waals surface area contributed by atoms with Gasteiger partial charge in [0.05, 0.1) is 23.8 Å². The van der Waals surface area contributed by atoms with Gasteiger partial charge >= 0.3 is 5.97 Å². The number of aromatic amines is 1. The summed E-state index contributed by atoms with van der Waals surface area (Å²) in [6.45, 7) is 1.72. The van der Waals surface area contributed by atoms with Crippen molar-refractivity contribution in [3.8, 4) is 5.69 Å². The van der Waals surface area contributed by atoms with Gasteiger partial charge in [-0.2, -0.15) is 5.10 Å². The predicted octanol–water partition coefficient (Wildman–Crippen LogP) is 4.50. The van der Waals surface area contributed by atoms with E-state index in [1.54, 1.807) is 18.3 Å². The van der Waals surface area contributed by atoms with Crippen molar-refractivity contribution >= 4 is 27.8 Å². The first kappa shape index (κ1) is 20.4. The molecule has 7 nitrogen and oxygen atoms in total. The molecule has 4 aromatic rings. The number of aliphatic carboxylic acids is 1. The van der Waals surface area contributed by atoms with Crippen LogP contribution in [0, 0.1) is 5.82 Å². The van der Waals surface area contributed by atoms with E-state index in [2.05, 4.69) is 26.9 Å². The van der Waals surface area contributed by atoms with Crippen LogP contribution in [0.15, 0.2) is 42.6 Å². The van der Waals surface area contributed by atoms with Gasteiger partial charge < -0.3 is 19.1 Å². The normalized spacial score (nSPS) is 21.8. The van der Waals surface area contributed by atoms with Crippen LogP contribution in [0.5, 0.6) is 0 Å². The second-order valence-electron chi connectivity index (χ2n) is 8.92. The van der Waals surface area contributed by atoms with Crippen molar-refractivity contribution in [1.29, 1.82) is 0 Å². The lowest BCUT2D eigenvalue weighted by molar-refractivity contribution is -0.147. The summed E-state index contributed by atoms with van der Waals surface area (Å²) in [4.78, 5) is 11.6. The first-order chi connectivity index (χ1) is 16.1. The molecule has 6 rings (SSSR count). The SMILES string of the molecule is O=C(O)[C@H]1C[C@H](c2c(C3CCOCC3)n(-c3ccc(F)cc3)c3cc4cn[nH]c4cc23)CO1. The summed E-state index contributed by atoms with van der Waals surface area (Å²) in [5.74, 6) is -1.02. The molecule has 0 aliphatic carbocycles. The molecule has 2 aromatic heterocycles. The van der Waals surface area contributed by atoms with Crippen LogP contribution in [0.3, 0.4) is 0 Å². The van der Waals surface area contributed by atoms with Crippen molar-refractivity contribution in [2.45, 2.75) is 37.2 Å². The van der Waals surface area contributed by atoms with E-state index in [9.17, 15) is 14.3 Å². The van der Waals surface area contributed by atoms with Gasteiger partial charge in [0.2, 0.25) is 0 Å². The lowest BCUT2D eigenvalue weighted by atomic mass is 9.86. The molecule has 2 N–H and O–H groups in total. The van der Waals surface area contributed by atoms with Crippen molar-refractivity contribution < 1.29 is 23.8 Å². The fraction of sp³-hybridized carbons (Fsp3) is 0.360. The van der Waals surface area contributed by atoms with Gasteiger partial charge in [-0.05, 0) is 61.2 Å². The van der Waals surface area contributed by atoms with Gasteiger partial charge in [-0.25, -0.2) is 9.18 Å². The minimum Gasteiger partial charge on any atom is -0.479 e. The number of ether oxygens (including phenoxy) is 2. The van der Waals surface area contributed by atoms with Crippen LogP contribution < -0.4 is 0 Å². The molecule has 0 saturated carbocycles. The van der Waals surface area contributed by atoms with Crippen LogP contribution in [0.2, 0.25) is 0 Å². The molecule has 0 bridgehead atoms. The number of rotatable bonds is 4. The van der Waals surface area contributed by atoms with Crippen molar-refractivity contribution in [2.75, 3.05) is 19.8 Å². The van der Waals surface area contributed by atoms with Gasteiger partial charge in [0.25, 0.3) is 0 Å². The van der Waals surface area contributed by atoms with Crippen LogP contribution in [-0.4, -0.2) is 51.8 Å². The number of hydrogen-bond donors (Lipinski definition) is 2. The highest BCUT2D eigenvalue weighted by Gasteiger charge is 2.37. The fourth-order valence-electron chi connectivity index (χ4n) is 5.44. The Labute approximate surface area is 189 Å². The third-order valence-corrected chi connectivity index (χ3v) is 6.98. The van der Waals surface area contributed by atoms with Crippen LogP contribution in [0.1, 0.15) is 42.4 Å². The zero-order valence-electron chi connectivity index (χ0n) is 18.0. The first-order valence-electron chi connectivity index (χ1n) is 11.3. The van der Waals surface area contributed by atoms with Gasteiger partial charge in [-0.1, -0.05) is 0 Å². The molecular formula is C25H24FN3O4. The largest absolute Gasteiger partial charge is 0.479 e. The van der Waals surface area contributed by atoms with E-state index < -0.39 is 12.1 Å². The molecule has 2 aliphatic heterocycles. The lowest BCUT2D eigenvalue weighted by Gasteiger charge is -2.26. The van der Waals surface area contributed by atoms with E-state index >= 15 is 0 Å². The Kier molecular flexibility index (Phi) is 4.92. The summed E-state index contributed by atoms with van der Waals surface area (Å²) in [6.07, 6.45) is 3.16. The number of carboxylic acids is 1. The molecule has 2 fully saturated rings. The van der Waals surface area contributed by atoms with Crippen molar-refractivity contribution in [3.63, 3.8) is 0 Å². The van der Waals surface area contributed by atoms with Crippen molar-refractivity contribution in [2.24, 2.45) is 0 Å². The van der Waals surface area contributed by atoms with Gasteiger partial charge in [0.1, 0.15) is 5.82 Å². The summed E-state index contributed by atoms with van der Waals surface area (Å²) in [5.41, 5.74) is 5.09. The number of nitrogens with zero attached hydrogens (tertiary/aromatic N) is 2. The quantitative estimate of drug-likeness (QED) is 0.479. The van der Waals surface area contributed by atoms with E-state index in [-0.39, 0.29) is 17.7 Å². The molecule has 4 heterocycles. The Balaban J connectivity index is 1.65. The zero-order chi connectivity index (χ0) is 22.5. The molecule has 33 heavy (non-hydrogen) atoms. The number of fused-ring (bicyclic) bond motifs is 2. The Morgan fingerprint density at radius 3 is 2.67 bits per heavy atom. The second-order valence-corrected chi connectivity index (χ2v) is 8.92. The highest BCUT2D eigenvalue weighted by atomic mass is 19.1. The van der Waals surface area contributed by atoms with Gasteiger partial charge in [0, 0.05) is 47.2 Å². The van der Waals surface area contributed by atoms with Gasteiger partial charge in [-0.3, -0.25) is 5.10 Å². The standard InChI is InChI=1S/C25H24FN3O4/c26-17-1-3-18(4-2-17)29-21-9-15-12-27-28-20(15)11-19(21)23(16-10-22(25(30)31)33-13-16)24(29)14-5-7-32-8-6-14/h1-4,9,11-12,14,16,22H,5-8,10,13H2,(H,27,28)(H,30,31)/t16-,22+/m0/s1. The van der Waals surface area contributed by atoms with Crippen LogP contribution in [-0.2, 0) is 14.3 Å². The monoisotopic (exact) mass is 449 g/mol. The highest BCUT2D eigenvalue weighted by molar-refractivity contribution is 5.99. The maximum atomic E-state index is 13.8. The molecule has 0 amide bonds. The van der Waals surface area contributed by atoms with E-state index in [4.69, 9.17) is 9.47 Å². The van der Waals surface area contributed by atoms with Gasteiger partial charge in [-0.15, -0.1) is 0 Å². The number of hydrogen-bond acceptors (Lipinski definition) is 4. The number of carboxylic acid groups (broad SMARTS) is 1. The number of benzene rings is 2. The number of aromatic nitrogens is 3. The summed E-state index contributed by atoms with van der Waals surface area (Å²) in [6, 6.07) is 10.8. The smallest absolute Gasteiger partial charge is 0.332 e. The molecule has 8 heteroatoms. The molecule has 2 aromatic carbocycles. The maximum absolute atomic E-state index is 13.8. The van der Waals surface area contributed by atoms with E-state index in [1.807, 2.05) is 0 Å². The van der Waals surface area contributed by atoms with Crippen LogP contribution in [0.25, 0.3) is 27.5 Å². The van der Waals surface area contributed by atoms with Crippen LogP contribution in [0.4, 0.5) is 4.39 Å². The fourth-order valence-corrected chi connectivity index (χ4v) is 5.44. The topological polar surface area (TPSA) is 89.4 Å². The van der Waals surface area contributed by atoms with E-state index in [0.29, 0.717) is 26.2 Å². The second kappa shape index (κ2) is 7.97. The van der Waals surface area contributed by atoms with E-state index in [1.165, 1.54) is 12.1 Å². The average molecular weight is 449 g/mol.